The number of carbonyl (C=O) groups excluding carboxylic acids is 3. The third kappa shape index (κ3) is 5.08. The normalized spacial score (nSPS) is 13.6. The quantitative estimate of drug-likeness (QED) is 0.350. The van der Waals surface area contributed by atoms with Gasteiger partial charge in [-0.2, -0.15) is 0 Å². The minimum absolute atomic E-state index is 0.0900. The maximum Gasteiger partial charge on any atom is 0.345 e. The van der Waals surface area contributed by atoms with Crippen molar-refractivity contribution < 1.29 is 28.8 Å². The maximum atomic E-state index is 12.7. The Hall–Kier alpha value is -2.98. The molecule has 1 atom stereocenters. The van der Waals surface area contributed by atoms with Crippen LogP contribution >= 0.6 is 22.9 Å². The number of thiophene rings is 1. The number of esters is 2. The Kier molecular flexibility index (Phi) is 7.47. The number of anilines is 1. The van der Waals surface area contributed by atoms with Gasteiger partial charge in [-0.3, -0.25) is 14.9 Å². The highest BCUT2D eigenvalue weighted by Crippen LogP contribution is 2.38. The summed E-state index contributed by atoms with van der Waals surface area (Å²) in [5.41, 5.74) is 0.381. The SMILES string of the molecule is CCOC(=O)c1c(NC(=O)C(C)OC(=O)c2ccc(Cl)cc2[N+](=O)[O-])sc2c1CCCC2. The molecule has 0 aliphatic heterocycles. The van der Waals surface area contributed by atoms with Gasteiger partial charge in [-0.1, -0.05) is 11.6 Å². The lowest BCUT2D eigenvalue weighted by atomic mass is 9.95. The molecule has 1 aromatic heterocycles. The highest BCUT2D eigenvalue weighted by atomic mass is 35.5. The Balaban J connectivity index is 1.78. The van der Waals surface area contributed by atoms with Crippen LogP contribution in [0.4, 0.5) is 10.7 Å². The second-order valence-corrected chi connectivity index (χ2v) is 8.63. The molecular weight excluding hydrogens is 460 g/mol. The van der Waals surface area contributed by atoms with E-state index in [0.717, 1.165) is 42.2 Å². The molecule has 1 unspecified atom stereocenters. The van der Waals surface area contributed by atoms with E-state index in [-0.39, 0.29) is 17.2 Å². The molecule has 1 aliphatic carbocycles. The zero-order valence-electron chi connectivity index (χ0n) is 17.4. The summed E-state index contributed by atoms with van der Waals surface area (Å²) >= 11 is 7.07. The van der Waals surface area contributed by atoms with E-state index < -0.39 is 34.6 Å². The first-order valence-electron chi connectivity index (χ1n) is 10.00. The Morgan fingerprint density at radius 2 is 1.97 bits per heavy atom. The van der Waals surface area contributed by atoms with E-state index in [0.29, 0.717) is 10.6 Å². The van der Waals surface area contributed by atoms with Gasteiger partial charge in [-0.05, 0) is 57.2 Å². The van der Waals surface area contributed by atoms with E-state index in [1.807, 2.05) is 0 Å². The topological polar surface area (TPSA) is 125 Å². The number of halogens is 1. The third-order valence-corrected chi connectivity index (χ3v) is 6.36. The van der Waals surface area contributed by atoms with E-state index in [2.05, 4.69) is 5.32 Å². The number of nitrogens with zero attached hydrogens (tertiary/aromatic N) is 1. The Bertz CT molecular complexity index is 1080. The molecule has 0 spiro atoms. The molecule has 1 amide bonds. The molecule has 170 valence electrons. The number of hydrogen-bond acceptors (Lipinski definition) is 8. The number of benzene rings is 1. The Morgan fingerprint density at radius 3 is 2.66 bits per heavy atom. The molecule has 1 aliphatic rings. The summed E-state index contributed by atoms with van der Waals surface area (Å²) in [5, 5.41) is 14.3. The van der Waals surface area contributed by atoms with Gasteiger partial charge < -0.3 is 14.8 Å². The Morgan fingerprint density at radius 1 is 1.25 bits per heavy atom. The molecule has 1 heterocycles. The van der Waals surface area contributed by atoms with E-state index in [1.165, 1.54) is 30.4 Å². The van der Waals surface area contributed by atoms with Gasteiger partial charge in [-0.25, -0.2) is 9.59 Å². The summed E-state index contributed by atoms with van der Waals surface area (Å²) in [4.78, 5) is 49.1. The first-order chi connectivity index (χ1) is 15.2. The fraction of sp³-hybridized carbons (Fsp3) is 0.381. The minimum atomic E-state index is -1.27. The van der Waals surface area contributed by atoms with E-state index in [9.17, 15) is 24.5 Å². The van der Waals surface area contributed by atoms with Crippen molar-refractivity contribution in [3.05, 3.63) is 54.9 Å². The van der Waals surface area contributed by atoms with Crippen molar-refractivity contribution in [2.75, 3.05) is 11.9 Å². The summed E-state index contributed by atoms with van der Waals surface area (Å²) in [6.07, 6.45) is 2.20. The lowest BCUT2D eigenvalue weighted by molar-refractivity contribution is -0.385. The van der Waals surface area contributed by atoms with Crippen molar-refractivity contribution >= 4 is 51.5 Å². The molecule has 11 heteroatoms. The number of rotatable bonds is 7. The number of ether oxygens (including phenoxy) is 2. The maximum absolute atomic E-state index is 12.7. The van der Waals surface area contributed by atoms with Crippen LogP contribution in [-0.4, -0.2) is 35.5 Å². The van der Waals surface area contributed by atoms with E-state index >= 15 is 0 Å². The van der Waals surface area contributed by atoms with Crippen molar-refractivity contribution in [1.82, 2.24) is 0 Å². The van der Waals surface area contributed by atoms with Crippen LogP contribution in [0.5, 0.6) is 0 Å². The molecule has 1 aromatic carbocycles. The molecule has 1 N–H and O–H groups in total. The van der Waals surface area contributed by atoms with Crippen LogP contribution in [0.1, 0.15) is 57.8 Å². The van der Waals surface area contributed by atoms with Gasteiger partial charge in [0, 0.05) is 16.0 Å². The van der Waals surface area contributed by atoms with Crippen molar-refractivity contribution in [3.8, 4) is 0 Å². The van der Waals surface area contributed by atoms with Crippen molar-refractivity contribution in [2.24, 2.45) is 0 Å². The van der Waals surface area contributed by atoms with Gasteiger partial charge in [0.15, 0.2) is 6.10 Å². The fourth-order valence-corrected chi connectivity index (χ4v) is 4.84. The molecule has 0 bridgehead atoms. The largest absolute Gasteiger partial charge is 0.462 e. The van der Waals surface area contributed by atoms with Crippen molar-refractivity contribution in [3.63, 3.8) is 0 Å². The average Bonchev–Trinajstić information content (AvgIpc) is 3.11. The molecular formula is C21H21ClN2O7S. The zero-order valence-corrected chi connectivity index (χ0v) is 19.0. The van der Waals surface area contributed by atoms with Gasteiger partial charge >= 0.3 is 11.9 Å². The number of amides is 1. The first-order valence-corrected chi connectivity index (χ1v) is 11.2. The van der Waals surface area contributed by atoms with Crippen molar-refractivity contribution in [1.29, 1.82) is 0 Å². The van der Waals surface area contributed by atoms with Gasteiger partial charge in [0.2, 0.25) is 0 Å². The van der Waals surface area contributed by atoms with Crippen LogP contribution in [0.15, 0.2) is 18.2 Å². The van der Waals surface area contributed by atoms with Gasteiger partial charge in [0.1, 0.15) is 10.6 Å². The summed E-state index contributed by atoms with van der Waals surface area (Å²) < 4.78 is 10.3. The molecule has 0 saturated heterocycles. The van der Waals surface area contributed by atoms with Crippen LogP contribution < -0.4 is 5.32 Å². The zero-order chi connectivity index (χ0) is 23.4. The monoisotopic (exact) mass is 480 g/mol. The van der Waals surface area contributed by atoms with Gasteiger partial charge in [0.05, 0.1) is 17.1 Å². The highest BCUT2D eigenvalue weighted by Gasteiger charge is 2.30. The minimum Gasteiger partial charge on any atom is -0.462 e. The number of fused-ring (bicyclic) bond motifs is 1. The summed E-state index contributed by atoms with van der Waals surface area (Å²) in [6, 6.07) is 3.52. The predicted octanol–water partition coefficient (Wildman–Crippen LogP) is 4.55. The standard InChI is InChI=1S/C21H21ClN2O7S/c1-3-30-21(27)17-14-6-4-5-7-16(14)32-19(17)23-18(25)11(2)31-20(26)13-9-8-12(22)10-15(13)24(28)29/h8-11H,3-7H2,1-2H3,(H,23,25). The van der Waals surface area contributed by atoms with Crippen molar-refractivity contribution in [2.45, 2.75) is 45.6 Å². The van der Waals surface area contributed by atoms with Crippen LogP contribution in [-0.2, 0) is 27.1 Å². The lowest BCUT2D eigenvalue weighted by Gasteiger charge is -2.14. The number of nitro benzene ring substituents is 1. The summed E-state index contributed by atoms with van der Waals surface area (Å²) in [5.74, 6) is -2.21. The number of nitrogens with one attached hydrogen (secondary N) is 1. The number of aryl methyl sites for hydroxylation is 1. The molecule has 0 radical (unpaired) electrons. The number of carbonyl (C=O) groups is 3. The first kappa shape index (κ1) is 23.7. The molecule has 32 heavy (non-hydrogen) atoms. The molecule has 0 fully saturated rings. The number of nitro groups is 1. The predicted molar refractivity (Wildman–Crippen MR) is 119 cm³/mol. The molecule has 9 nitrogen and oxygen atoms in total. The van der Waals surface area contributed by atoms with Crippen LogP contribution in [0.2, 0.25) is 5.02 Å². The van der Waals surface area contributed by atoms with Gasteiger partial charge in [-0.15, -0.1) is 11.3 Å². The average molecular weight is 481 g/mol. The van der Waals surface area contributed by atoms with Crippen LogP contribution in [0.25, 0.3) is 0 Å². The van der Waals surface area contributed by atoms with E-state index in [4.69, 9.17) is 21.1 Å². The highest BCUT2D eigenvalue weighted by molar-refractivity contribution is 7.17. The molecule has 0 saturated carbocycles. The van der Waals surface area contributed by atoms with Crippen LogP contribution in [0.3, 0.4) is 0 Å². The summed E-state index contributed by atoms with van der Waals surface area (Å²) in [7, 11) is 0. The summed E-state index contributed by atoms with van der Waals surface area (Å²) in [6.45, 7) is 3.24. The third-order valence-electron chi connectivity index (χ3n) is 4.92. The number of hydrogen-bond donors (Lipinski definition) is 1. The smallest absolute Gasteiger partial charge is 0.345 e. The molecule has 3 rings (SSSR count). The Labute approximate surface area is 192 Å². The fourth-order valence-electron chi connectivity index (χ4n) is 3.39. The van der Waals surface area contributed by atoms with E-state index in [1.54, 1.807) is 6.92 Å². The lowest BCUT2D eigenvalue weighted by Crippen LogP contribution is -2.30. The van der Waals surface area contributed by atoms with Crippen LogP contribution in [0, 0.1) is 10.1 Å². The second kappa shape index (κ2) is 10.1. The van der Waals surface area contributed by atoms with Gasteiger partial charge in [0.25, 0.3) is 11.6 Å². The second-order valence-electron chi connectivity index (χ2n) is 7.09. The molecule has 2 aromatic rings.